The SMILES string of the molecule is CCCc1nn(C)c(NC(C)CN2CCCC2)c1N. The lowest BCUT2D eigenvalue weighted by molar-refractivity contribution is 0.327. The summed E-state index contributed by atoms with van der Waals surface area (Å²) in [6.45, 7) is 7.90. The van der Waals surface area contributed by atoms with Crippen LogP contribution in [-0.4, -0.2) is 40.4 Å². The molecule has 5 heteroatoms. The number of nitrogens with two attached hydrogens (primary N) is 1. The van der Waals surface area contributed by atoms with Gasteiger partial charge in [-0.3, -0.25) is 4.68 Å². The topological polar surface area (TPSA) is 59.1 Å². The molecular weight excluding hydrogens is 238 g/mol. The van der Waals surface area contributed by atoms with Crippen molar-refractivity contribution in [1.29, 1.82) is 0 Å². The Hall–Kier alpha value is -1.23. The quantitative estimate of drug-likeness (QED) is 0.824. The number of nitrogen functional groups attached to an aromatic ring is 1. The van der Waals surface area contributed by atoms with Crippen molar-refractivity contribution in [3.8, 4) is 0 Å². The summed E-state index contributed by atoms with van der Waals surface area (Å²) in [6, 6.07) is 0.394. The van der Waals surface area contributed by atoms with Crippen LogP contribution in [0.1, 0.15) is 38.8 Å². The van der Waals surface area contributed by atoms with Gasteiger partial charge < -0.3 is 16.0 Å². The first-order chi connectivity index (χ1) is 9.11. The molecule has 3 N–H and O–H groups in total. The van der Waals surface area contributed by atoms with Gasteiger partial charge in [-0.05, 0) is 39.3 Å². The highest BCUT2D eigenvalue weighted by molar-refractivity contribution is 5.65. The van der Waals surface area contributed by atoms with Crippen molar-refractivity contribution < 1.29 is 0 Å². The molecule has 1 fully saturated rings. The smallest absolute Gasteiger partial charge is 0.148 e. The van der Waals surface area contributed by atoms with Gasteiger partial charge in [0.05, 0.1) is 11.4 Å². The highest BCUT2D eigenvalue weighted by Gasteiger charge is 2.18. The second-order valence-corrected chi connectivity index (χ2v) is 5.64. The van der Waals surface area contributed by atoms with E-state index in [-0.39, 0.29) is 0 Å². The van der Waals surface area contributed by atoms with Crippen molar-refractivity contribution in [2.45, 2.75) is 45.6 Å². The number of aromatic nitrogens is 2. The molecule has 19 heavy (non-hydrogen) atoms. The zero-order valence-corrected chi connectivity index (χ0v) is 12.4. The van der Waals surface area contributed by atoms with E-state index in [2.05, 4.69) is 29.2 Å². The molecule has 2 rings (SSSR count). The number of nitrogens with one attached hydrogen (secondary N) is 1. The molecule has 0 aromatic carbocycles. The Morgan fingerprint density at radius 2 is 2.05 bits per heavy atom. The summed E-state index contributed by atoms with van der Waals surface area (Å²) in [4.78, 5) is 2.51. The molecule has 1 aromatic heterocycles. The van der Waals surface area contributed by atoms with Gasteiger partial charge in [0.25, 0.3) is 0 Å². The highest BCUT2D eigenvalue weighted by atomic mass is 15.3. The second-order valence-electron chi connectivity index (χ2n) is 5.64. The normalized spacial score (nSPS) is 17.8. The molecule has 0 radical (unpaired) electrons. The molecule has 1 aliphatic rings. The molecule has 0 spiro atoms. The van der Waals surface area contributed by atoms with Crippen molar-refractivity contribution in [1.82, 2.24) is 14.7 Å². The maximum Gasteiger partial charge on any atom is 0.148 e. The van der Waals surface area contributed by atoms with E-state index in [0.717, 1.165) is 36.6 Å². The molecule has 2 heterocycles. The Kier molecular flexibility index (Phi) is 4.69. The van der Waals surface area contributed by atoms with Gasteiger partial charge in [-0.25, -0.2) is 0 Å². The van der Waals surface area contributed by atoms with Crippen LogP contribution in [0.5, 0.6) is 0 Å². The number of rotatable bonds is 6. The second kappa shape index (κ2) is 6.28. The first-order valence-corrected chi connectivity index (χ1v) is 7.42. The van der Waals surface area contributed by atoms with Gasteiger partial charge in [0.1, 0.15) is 5.82 Å². The highest BCUT2D eigenvalue weighted by Crippen LogP contribution is 2.24. The van der Waals surface area contributed by atoms with E-state index in [0.29, 0.717) is 6.04 Å². The van der Waals surface area contributed by atoms with Gasteiger partial charge in [0.15, 0.2) is 0 Å². The van der Waals surface area contributed by atoms with Gasteiger partial charge in [0.2, 0.25) is 0 Å². The van der Waals surface area contributed by atoms with Crippen LogP contribution < -0.4 is 11.1 Å². The Bertz CT molecular complexity index is 406. The van der Waals surface area contributed by atoms with E-state index in [1.54, 1.807) is 0 Å². The van der Waals surface area contributed by atoms with Crippen molar-refractivity contribution in [3.63, 3.8) is 0 Å². The first kappa shape index (κ1) is 14.2. The lowest BCUT2D eigenvalue weighted by Crippen LogP contribution is -2.33. The van der Waals surface area contributed by atoms with Crippen molar-refractivity contribution in [3.05, 3.63) is 5.69 Å². The molecule has 0 bridgehead atoms. The van der Waals surface area contributed by atoms with Crippen LogP contribution in [0, 0.1) is 0 Å². The van der Waals surface area contributed by atoms with Crippen LogP contribution in [-0.2, 0) is 13.5 Å². The Labute approximate surface area is 116 Å². The lowest BCUT2D eigenvalue weighted by Gasteiger charge is -2.22. The third-order valence-electron chi connectivity index (χ3n) is 3.76. The van der Waals surface area contributed by atoms with Gasteiger partial charge >= 0.3 is 0 Å². The first-order valence-electron chi connectivity index (χ1n) is 7.42. The molecule has 1 aliphatic heterocycles. The molecule has 1 atom stereocenters. The van der Waals surface area contributed by atoms with Gasteiger partial charge in [-0.15, -0.1) is 0 Å². The zero-order chi connectivity index (χ0) is 13.8. The van der Waals surface area contributed by atoms with Crippen LogP contribution in [0.15, 0.2) is 0 Å². The van der Waals surface area contributed by atoms with Crippen LogP contribution in [0.2, 0.25) is 0 Å². The number of hydrogen-bond acceptors (Lipinski definition) is 4. The fourth-order valence-corrected chi connectivity index (χ4v) is 2.82. The van der Waals surface area contributed by atoms with Gasteiger partial charge in [0, 0.05) is 19.6 Å². The van der Waals surface area contributed by atoms with E-state index in [9.17, 15) is 0 Å². The lowest BCUT2D eigenvalue weighted by atomic mass is 10.2. The van der Waals surface area contributed by atoms with Crippen LogP contribution >= 0.6 is 0 Å². The van der Waals surface area contributed by atoms with Crippen LogP contribution in [0.25, 0.3) is 0 Å². The average Bonchev–Trinajstić information content (AvgIpc) is 2.94. The zero-order valence-electron chi connectivity index (χ0n) is 12.4. The third kappa shape index (κ3) is 3.41. The van der Waals surface area contributed by atoms with Gasteiger partial charge in [-0.1, -0.05) is 13.3 Å². The molecule has 1 saturated heterocycles. The fourth-order valence-electron chi connectivity index (χ4n) is 2.82. The Balaban J connectivity index is 1.97. The molecule has 1 unspecified atom stereocenters. The van der Waals surface area contributed by atoms with Crippen molar-refractivity contribution in [2.24, 2.45) is 7.05 Å². The van der Waals surface area contributed by atoms with E-state index in [4.69, 9.17) is 5.73 Å². The predicted octanol–water partition coefficient (Wildman–Crippen LogP) is 1.85. The minimum atomic E-state index is 0.394. The minimum absolute atomic E-state index is 0.394. The van der Waals surface area contributed by atoms with E-state index in [1.807, 2.05) is 11.7 Å². The summed E-state index contributed by atoms with van der Waals surface area (Å²) < 4.78 is 1.88. The minimum Gasteiger partial charge on any atom is -0.394 e. The largest absolute Gasteiger partial charge is 0.394 e. The summed E-state index contributed by atoms with van der Waals surface area (Å²) in [6.07, 6.45) is 4.69. The summed E-state index contributed by atoms with van der Waals surface area (Å²) in [5.41, 5.74) is 8.02. The predicted molar refractivity (Wildman–Crippen MR) is 80.4 cm³/mol. The fraction of sp³-hybridized carbons (Fsp3) is 0.786. The average molecular weight is 265 g/mol. The summed E-state index contributed by atoms with van der Waals surface area (Å²) in [7, 11) is 1.96. The summed E-state index contributed by atoms with van der Waals surface area (Å²) in [5, 5.41) is 8.02. The molecule has 0 saturated carbocycles. The number of anilines is 2. The third-order valence-corrected chi connectivity index (χ3v) is 3.76. The maximum absolute atomic E-state index is 6.19. The molecule has 5 nitrogen and oxygen atoms in total. The maximum atomic E-state index is 6.19. The molecular formula is C14H27N5. The number of nitrogens with zero attached hydrogens (tertiary/aromatic N) is 3. The number of hydrogen-bond donors (Lipinski definition) is 2. The summed E-state index contributed by atoms with van der Waals surface area (Å²) in [5.74, 6) is 0.968. The molecule has 0 aliphatic carbocycles. The van der Waals surface area contributed by atoms with Crippen molar-refractivity contribution >= 4 is 11.5 Å². The monoisotopic (exact) mass is 265 g/mol. The van der Waals surface area contributed by atoms with E-state index in [1.165, 1.54) is 25.9 Å². The van der Waals surface area contributed by atoms with Crippen LogP contribution in [0.3, 0.4) is 0 Å². The van der Waals surface area contributed by atoms with Gasteiger partial charge in [-0.2, -0.15) is 5.10 Å². The van der Waals surface area contributed by atoms with Crippen LogP contribution in [0.4, 0.5) is 11.5 Å². The Morgan fingerprint density at radius 1 is 1.37 bits per heavy atom. The van der Waals surface area contributed by atoms with E-state index < -0.39 is 0 Å². The van der Waals surface area contributed by atoms with E-state index >= 15 is 0 Å². The number of aryl methyl sites for hydroxylation is 2. The van der Waals surface area contributed by atoms with Crippen molar-refractivity contribution in [2.75, 3.05) is 30.7 Å². The molecule has 0 amide bonds. The Morgan fingerprint density at radius 3 is 2.68 bits per heavy atom. The standard InChI is InChI=1S/C14H27N5/c1-4-7-12-13(15)14(18(3)17-12)16-11(2)10-19-8-5-6-9-19/h11,16H,4-10,15H2,1-3H3. The number of likely N-dealkylation sites (tertiary alicyclic amines) is 1. The summed E-state index contributed by atoms with van der Waals surface area (Å²) >= 11 is 0. The molecule has 1 aromatic rings. The molecule has 108 valence electrons.